The van der Waals surface area contributed by atoms with Crippen LogP contribution in [0.15, 0.2) is 23.6 Å². The average Bonchev–Trinajstić information content (AvgIpc) is 2.68. The Morgan fingerprint density at radius 3 is 2.82 bits per heavy atom. The van der Waals surface area contributed by atoms with Crippen molar-refractivity contribution in [2.24, 2.45) is 0 Å². The van der Waals surface area contributed by atoms with Gasteiger partial charge in [0.25, 0.3) is 0 Å². The lowest BCUT2D eigenvalue weighted by molar-refractivity contribution is 0.0992. The molecule has 1 heterocycles. The van der Waals surface area contributed by atoms with Crippen LogP contribution in [0.25, 0.3) is 0 Å². The molecule has 0 bridgehead atoms. The number of nitrogens with zero attached hydrogens (tertiary/aromatic N) is 1. The molecule has 0 spiro atoms. The van der Waals surface area contributed by atoms with Crippen molar-refractivity contribution in [3.63, 3.8) is 0 Å². The third kappa shape index (κ3) is 2.93. The lowest BCUT2D eigenvalue weighted by Gasteiger charge is -2.04. The second-order valence-corrected chi connectivity index (χ2v) is 5.94. The van der Waals surface area contributed by atoms with E-state index in [1.54, 1.807) is 11.3 Å². The number of carbonyl (C=O) groups excluding carboxylic acids is 1. The van der Waals surface area contributed by atoms with Crippen LogP contribution in [0.4, 0.5) is 0 Å². The van der Waals surface area contributed by atoms with Crippen LogP contribution in [0.2, 0.25) is 0 Å². The summed E-state index contributed by atoms with van der Waals surface area (Å²) in [6.45, 7) is 3.97. The average molecular weight is 357 g/mol. The zero-order valence-corrected chi connectivity index (χ0v) is 12.6. The van der Waals surface area contributed by atoms with Crippen LogP contribution < -0.4 is 0 Å². The molecule has 0 aliphatic rings. The van der Waals surface area contributed by atoms with Crippen LogP contribution in [0.1, 0.15) is 26.6 Å². The highest BCUT2D eigenvalue weighted by atomic mass is 127. The molecule has 0 atom stereocenters. The minimum atomic E-state index is 0.146. The molecule has 4 heteroatoms. The summed E-state index contributed by atoms with van der Waals surface area (Å²) < 4.78 is 1.04. The Bertz CT molecular complexity index is 562. The number of hydrogen-bond donors (Lipinski definition) is 0. The Hall–Kier alpha value is -0.750. The van der Waals surface area contributed by atoms with Gasteiger partial charge in [-0.05, 0) is 42.0 Å². The molecule has 0 aliphatic carbocycles. The first-order chi connectivity index (χ1) is 8.08. The highest BCUT2D eigenvalue weighted by molar-refractivity contribution is 14.1. The number of Topliss-reactive ketones (excluding diaryl/α,β-unsaturated/α-hetero) is 1. The van der Waals surface area contributed by atoms with Crippen molar-refractivity contribution in [1.29, 1.82) is 0 Å². The maximum Gasteiger partial charge on any atom is 0.170 e. The normalized spacial score (nSPS) is 10.5. The van der Waals surface area contributed by atoms with Gasteiger partial charge >= 0.3 is 0 Å². The second-order valence-electron chi connectivity index (χ2n) is 3.92. The van der Waals surface area contributed by atoms with E-state index in [0.717, 1.165) is 25.4 Å². The minimum absolute atomic E-state index is 0.146. The Balaban J connectivity index is 2.23. The van der Waals surface area contributed by atoms with Crippen LogP contribution in [0.5, 0.6) is 0 Å². The third-order valence-electron chi connectivity index (χ3n) is 2.47. The standard InChI is InChI=1S/C13H12INOS/c1-8-4-3-5-10(13(8)14)11(16)6-12-15-9(2)7-17-12/h3-5,7H,6H2,1-2H3. The molecule has 0 unspecified atom stereocenters. The molecule has 2 rings (SSSR count). The van der Waals surface area contributed by atoms with Gasteiger partial charge in [-0.15, -0.1) is 11.3 Å². The topological polar surface area (TPSA) is 30.0 Å². The number of hydrogen-bond acceptors (Lipinski definition) is 3. The molecule has 0 saturated carbocycles. The van der Waals surface area contributed by atoms with Gasteiger partial charge in [0.2, 0.25) is 0 Å². The quantitative estimate of drug-likeness (QED) is 0.618. The van der Waals surface area contributed by atoms with E-state index in [1.165, 1.54) is 0 Å². The number of aromatic nitrogens is 1. The van der Waals surface area contributed by atoms with Crippen molar-refractivity contribution in [3.05, 3.63) is 49.0 Å². The Labute approximate surface area is 118 Å². The van der Waals surface area contributed by atoms with Gasteiger partial charge in [-0.3, -0.25) is 4.79 Å². The second kappa shape index (κ2) is 5.27. The van der Waals surface area contributed by atoms with Crippen molar-refractivity contribution in [3.8, 4) is 0 Å². The summed E-state index contributed by atoms with van der Waals surface area (Å²) in [6.07, 6.45) is 0.401. The van der Waals surface area contributed by atoms with Crippen LogP contribution in [-0.4, -0.2) is 10.8 Å². The van der Waals surface area contributed by atoms with Gasteiger partial charge in [-0.1, -0.05) is 18.2 Å². The number of ketones is 1. The molecule has 0 N–H and O–H groups in total. The molecule has 17 heavy (non-hydrogen) atoms. The first kappa shape index (κ1) is 12.7. The van der Waals surface area contributed by atoms with E-state index in [2.05, 4.69) is 27.6 Å². The van der Waals surface area contributed by atoms with Crippen LogP contribution in [-0.2, 0) is 6.42 Å². The summed E-state index contributed by atoms with van der Waals surface area (Å²) in [5, 5.41) is 2.87. The third-order valence-corrected chi connectivity index (χ3v) is 4.87. The van der Waals surface area contributed by atoms with Crippen LogP contribution >= 0.6 is 33.9 Å². The monoisotopic (exact) mass is 357 g/mol. The van der Waals surface area contributed by atoms with E-state index < -0.39 is 0 Å². The molecule has 2 aromatic rings. The van der Waals surface area contributed by atoms with E-state index >= 15 is 0 Å². The summed E-state index contributed by atoms with van der Waals surface area (Å²) in [7, 11) is 0. The molecule has 1 aromatic carbocycles. The van der Waals surface area contributed by atoms with Crippen LogP contribution in [0.3, 0.4) is 0 Å². The van der Waals surface area contributed by atoms with E-state index in [4.69, 9.17) is 0 Å². The zero-order chi connectivity index (χ0) is 12.4. The Morgan fingerprint density at radius 2 is 2.18 bits per heavy atom. The summed E-state index contributed by atoms with van der Waals surface area (Å²) >= 11 is 3.78. The lowest BCUT2D eigenvalue weighted by atomic mass is 10.1. The number of aryl methyl sites for hydroxylation is 2. The van der Waals surface area contributed by atoms with Crippen molar-refractivity contribution in [2.45, 2.75) is 20.3 Å². The molecular formula is C13H12INOS. The SMILES string of the molecule is Cc1csc(CC(=O)c2cccc(C)c2I)n1. The van der Waals surface area contributed by atoms with Crippen LogP contribution in [0, 0.1) is 17.4 Å². The first-order valence-electron chi connectivity index (χ1n) is 5.27. The minimum Gasteiger partial charge on any atom is -0.294 e. The smallest absolute Gasteiger partial charge is 0.170 e. The summed E-state index contributed by atoms with van der Waals surface area (Å²) in [5.41, 5.74) is 2.93. The predicted molar refractivity (Wildman–Crippen MR) is 78.8 cm³/mol. The molecule has 0 amide bonds. The number of halogens is 1. The molecule has 0 radical (unpaired) electrons. The highest BCUT2D eigenvalue weighted by Gasteiger charge is 2.13. The van der Waals surface area contributed by atoms with Gasteiger partial charge in [0.1, 0.15) is 5.01 Å². The number of rotatable bonds is 3. The maximum absolute atomic E-state index is 12.2. The molecule has 2 nitrogen and oxygen atoms in total. The van der Waals surface area contributed by atoms with E-state index in [1.807, 2.05) is 37.4 Å². The van der Waals surface area contributed by atoms with Crippen molar-refractivity contribution < 1.29 is 4.79 Å². The largest absolute Gasteiger partial charge is 0.294 e. The van der Waals surface area contributed by atoms with Gasteiger partial charge < -0.3 is 0 Å². The van der Waals surface area contributed by atoms with Crippen molar-refractivity contribution in [2.75, 3.05) is 0 Å². The molecule has 1 aromatic heterocycles. The summed E-state index contributed by atoms with van der Waals surface area (Å²) in [5.74, 6) is 0.146. The van der Waals surface area contributed by atoms with E-state index in [-0.39, 0.29) is 5.78 Å². The van der Waals surface area contributed by atoms with Crippen molar-refractivity contribution >= 4 is 39.7 Å². The number of carbonyl (C=O) groups is 1. The summed E-state index contributed by atoms with van der Waals surface area (Å²) in [6, 6.07) is 5.83. The number of benzene rings is 1. The fraction of sp³-hybridized carbons (Fsp3) is 0.231. The van der Waals surface area contributed by atoms with Crippen molar-refractivity contribution in [1.82, 2.24) is 4.98 Å². The van der Waals surface area contributed by atoms with Gasteiger partial charge in [0.05, 0.1) is 6.42 Å². The Kier molecular flexibility index (Phi) is 3.93. The summed E-state index contributed by atoms with van der Waals surface area (Å²) in [4.78, 5) is 16.5. The molecular weight excluding hydrogens is 345 g/mol. The lowest BCUT2D eigenvalue weighted by Crippen LogP contribution is -2.06. The van der Waals surface area contributed by atoms with E-state index in [0.29, 0.717) is 6.42 Å². The van der Waals surface area contributed by atoms with Gasteiger partial charge in [0.15, 0.2) is 5.78 Å². The maximum atomic E-state index is 12.2. The number of thiazole rings is 1. The first-order valence-corrected chi connectivity index (χ1v) is 7.23. The van der Waals surface area contributed by atoms with Gasteiger partial charge in [0, 0.05) is 20.2 Å². The molecule has 88 valence electrons. The van der Waals surface area contributed by atoms with Gasteiger partial charge in [-0.25, -0.2) is 4.98 Å². The fourth-order valence-corrected chi connectivity index (χ4v) is 3.01. The predicted octanol–water partition coefficient (Wildman–Crippen LogP) is 3.79. The fourth-order valence-electron chi connectivity index (χ4n) is 1.58. The zero-order valence-electron chi connectivity index (χ0n) is 9.66. The van der Waals surface area contributed by atoms with Gasteiger partial charge in [-0.2, -0.15) is 0 Å². The van der Waals surface area contributed by atoms with E-state index in [9.17, 15) is 4.79 Å². The molecule has 0 saturated heterocycles. The Morgan fingerprint density at radius 1 is 1.41 bits per heavy atom. The molecule has 0 aliphatic heterocycles. The molecule has 0 fully saturated rings. The highest BCUT2D eigenvalue weighted by Crippen LogP contribution is 2.19.